The molecule has 7 heterocycles. The summed E-state index contributed by atoms with van der Waals surface area (Å²) in [5, 5.41) is 14.4. The predicted molar refractivity (Wildman–Crippen MR) is 165 cm³/mol. The maximum atomic E-state index is 17.2. The Bertz CT molecular complexity index is 1880. The Morgan fingerprint density at radius 1 is 1.18 bits per heavy atom. The van der Waals surface area contributed by atoms with E-state index in [9.17, 15) is 9.65 Å². The molecule has 0 amide bonds. The number of nitrogens with zero attached hydrogens (tertiary/aromatic N) is 6. The molecule has 0 radical (unpaired) electrons. The van der Waals surface area contributed by atoms with Crippen LogP contribution in [0.3, 0.4) is 0 Å². The van der Waals surface area contributed by atoms with E-state index < -0.39 is 11.6 Å². The van der Waals surface area contributed by atoms with Gasteiger partial charge in [0.2, 0.25) is 0 Å². The molecule has 2 bridgehead atoms. The smallest absolute Gasteiger partial charge is 0.319 e. The van der Waals surface area contributed by atoms with Gasteiger partial charge in [0.25, 0.3) is 0 Å². The number of piperazine rings is 1. The number of likely N-dealkylation sites (tertiary alicyclic amines) is 1. The first-order valence-corrected chi connectivity index (χ1v) is 15.9. The summed E-state index contributed by atoms with van der Waals surface area (Å²) in [7, 11) is 3.73. The third-order valence-electron chi connectivity index (χ3n) is 9.81. The Balaban J connectivity index is 1.34. The zero-order valence-electron chi connectivity index (χ0n) is 24.9. The molecule has 4 aliphatic heterocycles. The maximum absolute atomic E-state index is 17.2. The Kier molecular flexibility index (Phi) is 6.99. The monoisotopic (exact) mass is 634 g/mol. The molecule has 2 unspecified atom stereocenters. The summed E-state index contributed by atoms with van der Waals surface area (Å²) < 4.78 is 50.0. The second kappa shape index (κ2) is 11.0. The molecular formula is C31H32F2N8O3S. The second-order valence-corrected chi connectivity index (χ2v) is 13.3. The first kappa shape index (κ1) is 28.7. The lowest BCUT2D eigenvalue weighted by molar-refractivity contribution is 0.111. The number of nitrogens with one attached hydrogen (secondary N) is 1. The van der Waals surface area contributed by atoms with Gasteiger partial charge < -0.3 is 30.2 Å². The normalized spacial score (nSPS) is 24.6. The number of nitrogens with two attached hydrogens (primary N) is 1. The number of anilines is 2. The molecule has 4 aromatic rings. The van der Waals surface area contributed by atoms with Crippen LogP contribution in [-0.4, -0.2) is 84.5 Å². The molecule has 3 aromatic heterocycles. The van der Waals surface area contributed by atoms with Crippen molar-refractivity contribution in [3.63, 3.8) is 0 Å². The summed E-state index contributed by atoms with van der Waals surface area (Å²) in [6.07, 6.45) is 3.95. The number of nitriles is 1. The average molecular weight is 635 g/mol. The lowest BCUT2D eigenvalue weighted by Crippen LogP contribution is -2.52. The number of likely N-dealkylation sites (N-methyl/N-ethyl adjacent to an activating group) is 1. The summed E-state index contributed by atoms with van der Waals surface area (Å²) in [4.78, 5) is 18.5. The molecule has 45 heavy (non-hydrogen) atoms. The summed E-state index contributed by atoms with van der Waals surface area (Å²) in [5.74, 6) is -0.625. The van der Waals surface area contributed by atoms with E-state index in [0.717, 1.165) is 62.0 Å². The van der Waals surface area contributed by atoms with Crippen LogP contribution in [0.2, 0.25) is 0 Å². The van der Waals surface area contributed by atoms with E-state index in [1.807, 2.05) is 7.05 Å². The highest BCUT2D eigenvalue weighted by molar-refractivity contribution is 7.23. The third-order valence-corrected chi connectivity index (χ3v) is 10.8. The summed E-state index contributed by atoms with van der Waals surface area (Å²) in [6, 6.07) is 2.64. The molecule has 4 atom stereocenters. The molecule has 14 heteroatoms. The first-order chi connectivity index (χ1) is 21.9. The van der Waals surface area contributed by atoms with Gasteiger partial charge in [-0.05, 0) is 37.4 Å². The van der Waals surface area contributed by atoms with Crippen molar-refractivity contribution < 1.29 is 23.0 Å². The van der Waals surface area contributed by atoms with Crippen LogP contribution >= 0.6 is 11.3 Å². The number of nitrogen functional groups attached to an aromatic ring is 1. The molecule has 11 nitrogen and oxygen atoms in total. The Morgan fingerprint density at radius 3 is 2.69 bits per heavy atom. The van der Waals surface area contributed by atoms with Crippen LogP contribution in [-0.2, 0) is 22.7 Å². The number of thiophene rings is 1. The topological polar surface area (TPSA) is 135 Å². The first-order valence-electron chi connectivity index (χ1n) is 15.1. The molecule has 3 saturated heterocycles. The SMILES string of the molecule is CO[C@@H]1C[C@@H](COc2nc(N3C4CCC3CNC4)c3c4c(c(-c5ncc(F)c6sc(N)c(C#N)c56)c(F)c3n2)COC4)N(C)C1. The summed E-state index contributed by atoms with van der Waals surface area (Å²) in [5.41, 5.74) is 7.90. The minimum Gasteiger partial charge on any atom is -0.462 e. The minimum atomic E-state index is -0.642. The minimum absolute atomic E-state index is 0.0731. The highest BCUT2D eigenvalue weighted by Crippen LogP contribution is 2.47. The van der Waals surface area contributed by atoms with Gasteiger partial charge in [-0.2, -0.15) is 15.2 Å². The summed E-state index contributed by atoms with van der Waals surface area (Å²) >= 11 is 0.949. The van der Waals surface area contributed by atoms with E-state index in [2.05, 4.69) is 26.2 Å². The quantitative estimate of drug-likeness (QED) is 0.322. The van der Waals surface area contributed by atoms with Gasteiger partial charge in [-0.25, -0.2) is 8.78 Å². The van der Waals surface area contributed by atoms with E-state index in [-0.39, 0.29) is 80.9 Å². The number of benzene rings is 1. The molecule has 4 aliphatic rings. The fourth-order valence-electron chi connectivity index (χ4n) is 7.57. The number of fused-ring (bicyclic) bond motifs is 6. The molecule has 0 saturated carbocycles. The fourth-order valence-corrected chi connectivity index (χ4v) is 8.49. The van der Waals surface area contributed by atoms with Crippen molar-refractivity contribution in [1.29, 1.82) is 5.26 Å². The molecule has 1 aromatic carbocycles. The number of methoxy groups -OCH3 is 1. The van der Waals surface area contributed by atoms with Gasteiger partial charge in [0, 0.05) is 55.8 Å². The van der Waals surface area contributed by atoms with Gasteiger partial charge in [0.15, 0.2) is 11.6 Å². The molecular weight excluding hydrogens is 602 g/mol. The van der Waals surface area contributed by atoms with Crippen LogP contribution in [0.15, 0.2) is 6.20 Å². The number of halogens is 2. The number of rotatable bonds is 6. The average Bonchev–Trinajstić information content (AvgIpc) is 3.80. The Labute approximate surface area is 261 Å². The van der Waals surface area contributed by atoms with Gasteiger partial charge in [0.1, 0.15) is 29.0 Å². The van der Waals surface area contributed by atoms with E-state index in [1.54, 1.807) is 7.11 Å². The van der Waals surface area contributed by atoms with E-state index in [1.165, 1.54) is 0 Å². The maximum Gasteiger partial charge on any atom is 0.319 e. The van der Waals surface area contributed by atoms with Crippen molar-refractivity contribution in [2.45, 2.75) is 56.7 Å². The number of hydrogen-bond acceptors (Lipinski definition) is 12. The molecule has 0 aliphatic carbocycles. The van der Waals surface area contributed by atoms with Gasteiger partial charge in [-0.15, -0.1) is 11.3 Å². The van der Waals surface area contributed by atoms with E-state index in [4.69, 9.17) is 29.9 Å². The van der Waals surface area contributed by atoms with Crippen LogP contribution in [0, 0.1) is 23.0 Å². The number of ether oxygens (including phenoxy) is 3. The Morgan fingerprint density at radius 2 is 1.96 bits per heavy atom. The number of hydrogen-bond donors (Lipinski definition) is 2. The van der Waals surface area contributed by atoms with Gasteiger partial charge in [-0.1, -0.05) is 0 Å². The van der Waals surface area contributed by atoms with Crippen LogP contribution in [0.4, 0.5) is 19.6 Å². The predicted octanol–water partition coefficient (Wildman–Crippen LogP) is 3.71. The zero-order chi connectivity index (χ0) is 31.0. The van der Waals surface area contributed by atoms with Crippen molar-refractivity contribution in [1.82, 2.24) is 25.2 Å². The van der Waals surface area contributed by atoms with Gasteiger partial charge in [0.05, 0.1) is 46.9 Å². The standard InChI is InChI=1S/C31H32F2N8O3S/c1-40-10-17(42-2)5-16(40)11-44-31-38-27-24(30(39-31)41-14-3-4-15(41)8-36-7-14)20-13-43-12-19(20)22(25(27)33)26-23-18(6-34)29(35)45-28(23)21(32)9-37-26/h9,14-17,36H,3-5,7-8,10-13,35H2,1-2H3/t14?,15?,16-,17+/m0/s1. The van der Waals surface area contributed by atoms with Crippen LogP contribution in [0.1, 0.15) is 36.0 Å². The third kappa shape index (κ3) is 4.44. The van der Waals surface area contributed by atoms with Crippen molar-refractivity contribution >= 4 is 43.1 Å². The molecule has 3 fully saturated rings. The lowest BCUT2D eigenvalue weighted by atomic mass is 9.93. The highest BCUT2D eigenvalue weighted by Gasteiger charge is 2.41. The zero-order valence-corrected chi connectivity index (χ0v) is 25.7. The molecule has 8 rings (SSSR count). The molecule has 0 spiro atoms. The van der Waals surface area contributed by atoms with Crippen molar-refractivity contribution in [3.05, 3.63) is 34.5 Å². The van der Waals surface area contributed by atoms with Gasteiger partial charge in [-0.3, -0.25) is 9.88 Å². The second-order valence-electron chi connectivity index (χ2n) is 12.3. The fraction of sp³-hybridized carbons (Fsp3) is 0.484. The molecule has 234 valence electrons. The van der Waals surface area contributed by atoms with Crippen molar-refractivity contribution in [2.24, 2.45) is 0 Å². The highest BCUT2D eigenvalue weighted by atomic mass is 32.1. The van der Waals surface area contributed by atoms with Crippen LogP contribution < -0.4 is 20.7 Å². The van der Waals surface area contributed by atoms with E-state index >= 15 is 4.39 Å². The van der Waals surface area contributed by atoms with Crippen LogP contribution in [0.5, 0.6) is 6.01 Å². The van der Waals surface area contributed by atoms with Crippen molar-refractivity contribution in [2.75, 3.05) is 51.0 Å². The van der Waals surface area contributed by atoms with Crippen LogP contribution in [0.25, 0.3) is 32.2 Å². The van der Waals surface area contributed by atoms with Gasteiger partial charge >= 0.3 is 6.01 Å². The summed E-state index contributed by atoms with van der Waals surface area (Å²) in [6.45, 7) is 3.06. The lowest BCUT2D eigenvalue weighted by Gasteiger charge is -2.37. The number of aromatic nitrogens is 3. The van der Waals surface area contributed by atoms with E-state index in [0.29, 0.717) is 23.4 Å². The number of pyridine rings is 1. The molecule has 3 N–H and O–H groups in total. The Hall–Kier alpha value is -3.74. The largest absolute Gasteiger partial charge is 0.462 e. The van der Waals surface area contributed by atoms with Crippen molar-refractivity contribution in [3.8, 4) is 23.3 Å².